The molecule has 26 heavy (non-hydrogen) atoms. The molecule has 0 aliphatic carbocycles. The fourth-order valence-corrected chi connectivity index (χ4v) is 3.03. The first-order valence-corrected chi connectivity index (χ1v) is 8.70. The number of carbonyl (C=O) groups excluding carboxylic acids is 1. The Labute approximate surface area is 152 Å². The molecule has 0 fully saturated rings. The normalized spacial score (nSPS) is 13.8. The lowest BCUT2D eigenvalue weighted by Crippen LogP contribution is -2.39. The van der Waals surface area contributed by atoms with E-state index in [1.54, 1.807) is 0 Å². The largest absolute Gasteiger partial charge is 0.493 e. The second-order valence-corrected chi connectivity index (χ2v) is 6.21. The number of carboxylic acid groups (broad SMARTS) is 1. The topological polar surface area (TPSA) is 87.7 Å². The van der Waals surface area contributed by atoms with Crippen molar-refractivity contribution in [2.24, 2.45) is 0 Å². The van der Waals surface area contributed by atoms with Crippen molar-refractivity contribution >= 4 is 12.0 Å². The van der Waals surface area contributed by atoms with Crippen LogP contribution in [0.25, 0.3) is 0 Å². The molecule has 0 saturated carbocycles. The van der Waals surface area contributed by atoms with Gasteiger partial charge in [0.25, 0.3) is 0 Å². The van der Waals surface area contributed by atoms with Crippen molar-refractivity contribution in [2.75, 3.05) is 13.2 Å². The monoisotopic (exact) mass is 354 g/mol. The van der Waals surface area contributed by atoms with Crippen LogP contribution in [0.1, 0.15) is 35.6 Å². The molecule has 2 aromatic rings. The lowest BCUT2D eigenvalue weighted by molar-refractivity contribution is -0.136. The van der Waals surface area contributed by atoms with E-state index in [2.05, 4.69) is 16.7 Å². The zero-order valence-corrected chi connectivity index (χ0v) is 14.4. The summed E-state index contributed by atoms with van der Waals surface area (Å²) < 4.78 is 5.67. The molecule has 1 unspecified atom stereocenters. The lowest BCUT2D eigenvalue weighted by Gasteiger charge is -2.23. The van der Waals surface area contributed by atoms with E-state index < -0.39 is 12.0 Å². The number of hydrogen-bond acceptors (Lipinski definition) is 3. The number of rotatable bonds is 6. The zero-order valence-electron chi connectivity index (χ0n) is 14.4. The number of hydrogen-bond donors (Lipinski definition) is 3. The average molecular weight is 354 g/mol. The maximum atomic E-state index is 12.2. The van der Waals surface area contributed by atoms with Crippen LogP contribution >= 0.6 is 0 Å². The fourth-order valence-electron chi connectivity index (χ4n) is 3.03. The summed E-state index contributed by atoms with van der Waals surface area (Å²) in [6.45, 7) is 0.819. The van der Waals surface area contributed by atoms with Crippen LogP contribution in [0.2, 0.25) is 0 Å². The van der Waals surface area contributed by atoms with Crippen LogP contribution < -0.4 is 15.4 Å². The molecule has 0 spiro atoms. The van der Waals surface area contributed by atoms with Crippen molar-refractivity contribution in [1.82, 2.24) is 10.6 Å². The highest BCUT2D eigenvalue weighted by Gasteiger charge is 2.19. The van der Waals surface area contributed by atoms with E-state index in [0.29, 0.717) is 0 Å². The van der Waals surface area contributed by atoms with E-state index in [4.69, 9.17) is 9.84 Å². The molecular weight excluding hydrogens is 332 g/mol. The number of benzene rings is 2. The van der Waals surface area contributed by atoms with Crippen molar-refractivity contribution < 1.29 is 19.4 Å². The van der Waals surface area contributed by atoms with Gasteiger partial charge in [-0.25, -0.2) is 4.79 Å². The predicted octanol–water partition coefficient (Wildman–Crippen LogP) is 2.87. The lowest BCUT2D eigenvalue weighted by atomic mass is 9.95. The van der Waals surface area contributed by atoms with Crippen molar-refractivity contribution in [1.29, 1.82) is 0 Å². The number of urea groups is 1. The standard InChI is InChI=1S/C20H22N2O4/c23-18(24)10-11-21-20(25)22-19(14-5-2-1-3-6-14)16-8-9-17-15(13-16)7-4-12-26-17/h1-3,5-6,8-9,13,19H,4,7,10-12H2,(H,23,24)(H2,21,22,25). The number of carbonyl (C=O) groups is 2. The molecule has 3 N–H and O–H groups in total. The first-order valence-electron chi connectivity index (χ1n) is 8.70. The van der Waals surface area contributed by atoms with Gasteiger partial charge in [-0.1, -0.05) is 36.4 Å². The average Bonchev–Trinajstić information content (AvgIpc) is 2.66. The summed E-state index contributed by atoms with van der Waals surface area (Å²) in [5.41, 5.74) is 3.06. The Morgan fingerprint density at radius 1 is 1.12 bits per heavy atom. The summed E-state index contributed by atoms with van der Waals surface area (Å²) in [6, 6.07) is 14.9. The van der Waals surface area contributed by atoms with E-state index in [-0.39, 0.29) is 19.0 Å². The number of aryl methyl sites for hydroxylation is 1. The molecular formula is C20H22N2O4. The number of nitrogens with one attached hydrogen (secondary N) is 2. The maximum absolute atomic E-state index is 12.2. The number of aliphatic carboxylic acids is 1. The zero-order chi connectivity index (χ0) is 18.4. The van der Waals surface area contributed by atoms with E-state index in [0.717, 1.165) is 41.9 Å². The van der Waals surface area contributed by atoms with E-state index in [1.165, 1.54) is 0 Å². The molecule has 0 saturated heterocycles. The smallest absolute Gasteiger partial charge is 0.315 e. The molecule has 1 aliphatic rings. The van der Waals surface area contributed by atoms with E-state index in [1.807, 2.05) is 42.5 Å². The number of amides is 2. The van der Waals surface area contributed by atoms with E-state index >= 15 is 0 Å². The summed E-state index contributed by atoms with van der Waals surface area (Å²) in [5.74, 6) is -0.0441. The van der Waals surface area contributed by atoms with Crippen molar-refractivity contribution in [3.05, 3.63) is 65.2 Å². The molecule has 0 bridgehead atoms. The second kappa shape index (κ2) is 8.38. The van der Waals surface area contributed by atoms with Gasteiger partial charge in [0.2, 0.25) is 0 Å². The van der Waals surface area contributed by atoms with Crippen molar-refractivity contribution in [3.63, 3.8) is 0 Å². The van der Waals surface area contributed by atoms with Gasteiger partial charge < -0.3 is 20.5 Å². The summed E-state index contributed by atoms with van der Waals surface area (Å²) in [6.07, 6.45) is 1.82. The minimum absolute atomic E-state index is 0.0840. The van der Waals surface area contributed by atoms with Gasteiger partial charge in [-0.2, -0.15) is 0 Å². The SMILES string of the molecule is O=C(O)CCNC(=O)NC(c1ccccc1)c1ccc2c(c1)CCCO2. The molecule has 1 atom stereocenters. The Balaban J connectivity index is 1.80. The Bertz CT molecular complexity index is 777. The molecule has 2 aromatic carbocycles. The summed E-state index contributed by atoms with van der Waals surface area (Å²) in [5, 5.41) is 14.2. The van der Waals surface area contributed by atoms with Gasteiger partial charge in [-0.3, -0.25) is 4.79 Å². The van der Waals surface area contributed by atoms with Crippen LogP contribution in [0.5, 0.6) is 5.75 Å². The predicted molar refractivity (Wildman–Crippen MR) is 97.3 cm³/mol. The molecule has 1 heterocycles. The third-order valence-electron chi connectivity index (χ3n) is 4.30. The fraction of sp³-hybridized carbons (Fsp3) is 0.300. The van der Waals surface area contributed by atoms with Crippen molar-refractivity contribution in [2.45, 2.75) is 25.3 Å². The van der Waals surface area contributed by atoms with Gasteiger partial charge in [0, 0.05) is 6.54 Å². The second-order valence-electron chi connectivity index (χ2n) is 6.21. The first kappa shape index (κ1) is 17.8. The minimum atomic E-state index is -0.945. The van der Waals surface area contributed by atoms with Crippen LogP contribution in [-0.4, -0.2) is 30.3 Å². The van der Waals surface area contributed by atoms with Crippen LogP contribution in [-0.2, 0) is 11.2 Å². The van der Waals surface area contributed by atoms with E-state index in [9.17, 15) is 9.59 Å². The van der Waals surface area contributed by atoms with Crippen molar-refractivity contribution in [3.8, 4) is 5.75 Å². The van der Waals surface area contributed by atoms with Crippen LogP contribution in [0.15, 0.2) is 48.5 Å². The highest BCUT2D eigenvalue weighted by molar-refractivity contribution is 5.76. The van der Waals surface area contributed by atoms with Gasteiger partial charge >= 0.3 is 12.0 Å². The summed E-state index contributed by atoms with van der Waals surface area (Å²) in [7, 11) is 0. The third-order valence-corrected chi connectivity index (χ3v) is 4.30. The molecule has 0 aromatic heterocycles. The van der Waals surface area contributed by atoms with Crippen LogP contribution in [0, 0.1) is 0 Å². The molecule has 3 rings (SSSR count). The van der Waals surface area contributed by atoms with Crippen LogP contribution in [0.3, 0.4) is 0 Å². The molecule has 0 radical (unpaired) electrons. The Kier molecular flexibility index (Phi) is 5.73. The minimum Gasteiger partial charge on any atom is -0.493 e. The summed E-state index contributed by atoms with van der Waals surface area (Å²) >= 11 is 0. The Morgan fingerprint density at radius 2 is 1.92 bits per heavy atom. The Morgan fingerprint density at radius 3 is 2.69 bits per heavy atom. The molecule has 6 nitrogen and oxygen atoms in total. The van der Waals surface area contributed by atoms with Gasteiger partial charge in [0.1, 0.15) is 5.75 Å². The van der Waals surface area contributed by atoms with Gasteiger partial charge in [-0.15, -0.1) is 0 Å². The quantitative estimate of drug-likeness (QED) is 0.744. The van der Waals surface area contributed by atoms with Gasteiger partial charge in [0.15, 0.2) is 0 Å². The highest BCUT2D eigenvalue weighted by Crippen LogP contribution is 2.30. The molecule has 1 aliphatic heterocycles. The molecule has 2 amide bonds. The molecule has 136 valence electrons. The number of carboxylic acids is 1. The maximum Gasteiger partial charge on any atom is 0.315 e. The third kappa shape index (κ3) is 4.53. The molecule has 6 heteroatoms. The Hall–Kier alpha value is -3.02. The van der Waals surface area contributed by atoms with Crippen LogP contribution in [0.4, 0.5) is 4.79 Å². The highest BCUT2D eigenvalue weighted by atomic mass is 16.5. The number of ether oxygens (including phenoxy) is 1. The summed E-state index contributed by atoms with van der Waals surface area (Å²) in [4.78, 5) is 22.8. The first-order chi connectivity index (χ1) is 12.6. The van der Waals surface area contributed by atoms with Gasteiger partial charge in [-0.05, 0) is 41.7 Å². The van der Waals surface area contributed by atoms with Gasteiger partial charge in [0.05, 0.1) is 19.1 Å². The number of fused-ring (bicyclic) bond motifs is 1.